The van der Waals surface area contributed by atoms with Crippen molar-refractivity contribution < 1.29 is 14.3 Å². The summed E-state index contributed by atoms with van der Waals surface area (Å²) in [5, 5.41) is 5.74. The summed E-state index contributed by atoms with van der Waals surface area (Å²) in [6.45, 7) is 2.93. The molecule has 21 heavy (non-hydrogen) atoms. The summed E-state index contributed by atoms with van der Waals surface area (Å²) in [5.41, 5.74) is 0. The zero-order valence-corrected chi connectivity index (χ0v) is 12.3. The zero-order chi connectivity index (χ0) is 15.1. The molecule has 1 heterocycles. The number of piperidine rings is 1. The summed E-state index contributed by atoms with van der Waals surface area (Å²) in [5.74, 6) is 0.795. The number of rotatable bonds is 6. The third-order valence-corrected chi connectivity index (χ3v) is 3.62. The van der Waals surface area contributed by atoms with Gasteiger partial charge in [0, 0.05) is 24.9 Å². The SMILES string of the molecule is C[C@@H](CCOc1ccccc1)C(=O)N[C@H]1CCC(=O)NC1. The van der Waals surface area contributed by atoms with Crippen LogP contribution in [0.15, 0.2) is 30.3 Å². The van der Waals surface area contributed by atoms with Crippen LogP contribution in [-0.2, 0) is 9.59 Å². The number of ether oxygens (including phenoxy) is 1. The van der Waals surface area contributed by atoms with Crippen molar-refractivity contribution in [1.29, 1.82) is 0 Å². The van der Waals surface area contributed by atoms with Gasteiger partial charge in [0.05, 0.1) is 6.61 Å². The number of hydrogen-bond acceptors (Lipinski definition) is 3. The lowest BCUT2D eigenvalue weighted by molar-refractivity contribution is -0.127. The second kappa shape index (κ2) is 7.67. The Morgan fingerprint density at radius 1 is 1.43 bits per heavy atom. The molecule has 2 rings (SSSR count). The van der Waals surface area contributed by atoms with Crippen LogP contribution in [-0.4, -0.2) is 31.0 Å². The van der Waals surface area contributed by atoms with Crippen LogP contribution < -0.4 is 15.4 Å². The van der Waals surface area contributed by atoms with Gasteiger partial charge in [-0.15, -0.1) is 0 Å². The number of para-hydroxylation sites is 1. The predicted molar refractivity (Wildman–Crippen MR) is 79.9 cm³/mol. The minimum absolute atomic E-state index is 0.0211. The third-order valence-electron chi connectivity index (χ3n) is 3.62. The Labute approximate surface area is 125 Å². The van der Waals surface area contributed by atoms with E-state index in [9.17, 15) is 9.59 Å². The lowest BCUT2D eigenvalue weighted by Crippen LogP contribution is -2.49. The number of carbonyl (C=O) groups is 2. The Kier molecular flexibility index (Phi) is 5.60. The van der Waals surface area contributed by atoms with Gasteiger partial charge in [-0.3, -0.25) is 9.59 Å². The lowest BCUT2D eigenvalue weighted by Gasteiger charge is -2.25. The van der Waals surface area contributed by atoms with Gasteiger partial charge in [0.15, 0.2) is 0 Å². The van der Waals surface area contributed by atoms with Crippen LogP contribution in [0, 0.1) is 5.92 Å². The average molecular weight is 290 g/mol. The van der Waals surface area contributed by atoms with Crippen LogP contribution in [0.1, 0.15) is 26.2 Å². The van der Waals surface area contributed by atoms with E-state index in [4.69, 9.17) is 4.74 Å². The number of amides is 2. The van der Waals surface area contributed by atoms with Gasteiger partial charge in [-0.25, -0.2) is 0 Å². The Bertz CT molecular complexity index is 466. The average Bonchev–Trinajstić information content (AvgIpc) is 2.50. The highest BCUT2D eigenvalue weighted by Gasteiger charge is 2.22. The molecular weight excluding hydrogens is 268 g/mol. The molecular formula is C16H22N2O3. The van der Waals surface area contributed by atoms with E-state index in [2.05, 4.69) is 10.6 Å². The molecule has 1 aliphatic rings. The Morgan fingerprint density at radius 2 is 2.19 bits per heavy atom. The largest absolute Gasteiger partial charge is 0.494 e. The maximum atomic E-state index is 12.1. The number of nitrogens with one attached hydrogen (secondary N) is 2. The van der Waals surface area contributed by atoms with E-state index >= 15 is 0 Å². The first-order valence-electron chi connectivity index (χ1n) is 7.40. The molecule has 1 fully saturated rings. The zero-order valence-electron chi connectivity index (χ0n) is 12.3. The summed E-state index contributed by atoms with van der Waals surface area (Å²) in [6.07, 6.45) is 1.86. The van der Waals surface area contributed by atoms with Crippen molar-refractivity contribution in [2.24, 2.45) is 5.92 Å². The van der Waals surface area contributed by atoms with Gasteiger partial charge >= 0.3 is 0 Å². The van der Waals surface area contributed by atoms with Crippen molar-refractivity contribution in [1.82, 2.24) is 10.6 Å². The van der Waals surface area contributed by atoms with Crippen molar-refractivity contribution in [3.63, 3.8) is 0 Å². The van der Waals surface area contributed by atoms with Crippen LogP contribution in [0.4, 0.5) is 0 Å². The van der Waals surface area contributed by atoms with Crippen LogP contribution in [0.2, 0.25) is 0 Å². The first kappa shape index (κ1) is 15.4. The van der Waals surface area contributed by atoms with Crippen molar-refractivity contribution in [2.75, 3.05) is 13.2 Å². The van der Waals surface area contributed by atoms with Gasteiger partial charge in [-0.05, 0) is 25.0 Å². The molecule has 5 nitrogen and oxygen atoms in total. The van der Waals surface area contributed by atoms with Crippen molar-refractivity contribution >= 4 is 11.8 Å². The van der Waals surface area contributed by atoms with Crippen LogP contribution in [0.5, 0.6) is 5.75 Å². The highest BCUT2D eigenvalue weighted by atomic mass is 16.5. The first-order valence-corrected chi connectivity index (χ1v) is 7.40. The molecule has 1 saturated heterocycles. The number of carbonyl (C=O) groups excluding carboxylic acids is 2. The van der Waals surface area contributed by atoms with E-state index in [0.717, 1.165) is 5.75 Å². The monoisotopic (exact) mass is 290 g/mol. The van der Waals surface area contributed by atoms with Crippen molar-refractivity contribution in [3.05, 3.63) is 30.3 Å². The minimum Gasteiger partial charge on any atom is -0.494 e. The molecule has 0 radical (unpaired) electrons. The van der Waals surface area contributed by atoms with Crippen molar-refractivity contribution in [3.8, 4) is 5.75 Å². The highest BCUT2D eigenvalue weighted by molar-refractivity contribution is 5.80. The smallest absolute Gasteiger partial charge is 0.223 e. The standard InChI is InChI=1S/C16H22N2O3/c1-12(9-10-21-14-5-3-2-4-6-14)16(20)18-13-7-8-15(19)17-11-13/h2-6,12-13H,7-11H2,1H3,(H,17,19)(H,18,20)/t12-,13-/m0/s1. The summed E-state index contributed by atoms with van der Waals surface area (Å²) in [4.78, 5) is 23.1. The molecule has 5 heteroatoms. The number of benzene rings is 1. The second-order valence-electron chi connectivity index (χ2n) is 5.40. The summed E-state index contributed by atoms with van der Waals surface area (Å²) < 4.78 is 5.59. The molecule has 0 aromatic heterocycles. The summed E-state index contributed by atoms with van der Waals surface area (Å²) in [7, 11) is 0. The fourth-order valence-corrected chi connectivity index (χ4v) is 2.20. The van der Waals surface area contributed by atoms with Gasteiger partial charge < -0.3 is 15.4 Å². The fraction of sp³-hybridized carbons (Fsp3) is 0.500. The Morgan fingerprint density at radius 3 is 2.86 bits per heavy atom. The minimum atomic E-state index is -0.105. The van der Waals surface area contributed by atoms with Gasteiger partial charge in [0.25, 0.3) is 0 Å². The summed E-state index contributed by atoms with van der Waals surface area (Å²) >= 11 is 0. The lowest BCUT2D eigenvalue weighted by atomic mass is 10.0. The molecule has 0 bridgehead atoms. The predicted octanol–water partition coefficient (Wildman–Crippen LogP) is 1.49. The van der Waals surface area contributed by atoms with E-state index < -0.39 is 0 Å². The Balaban J connectivity index is 1.66. The molecule has 0 saturated carbocycles. The molecule has 2 N–H and O–H groups in total. The van der Waals surface area contributed by atoms with E-state index in [1.165, 1.54) is 0 Å². The fourth-order valence-electron chi connectivity index (χ4n) is 2.20. The maximum absolute atomic E-state index is 12.1. The molecule has 2 atom stereocenters. The third kappa shape index (κ3) is 5.10. The Hall–Kier alpha value is -2.04. The van der Waals surface area contributed by atoms with Gasteiger partial charge in [-0.2, -0.15) is 0 Å². The normalized spacial score (nSPS) is 19.5. The highest BCUT2D eigenvalue weighted by Crippen LogP contribution is 2.11. The molecule has 0 unspecified atom stereocenters. The molecule has 2 amide bonds. The molecule has 114 valence electrons. The molecule has 0 aliphatic carbocycles. The topological polar surface area (TPSA) is 67.4 Å². The van der Waals surface area contributed by atoms with Gasteiger partial charge in [0.2, 0.25) is 11.8 Å². The maximum Gasteiger partial charge on any atom is 0.223 e. The number of hydrogen-bond donors (Lipinski definition) is 2. The van der Waals surface area contributed by atoms with E-state index in [0.29, 0.717) is 32.4 Å². The second-order valence-corrected chi connectivity index (χ2v) is 5.40. The molecule has 1 aromatic carbocycles. The van der Waals surface area contributed by atoms with Crippen molar-refractivity contribution in [2.45, 2.75) is 32.2 Å². The van der Waals surface area contributed by atoms with Gasteiger partial charge in [0.1, 0.15) is 5.75 Å². The van der Waals surface area contributed by atoms with E-state index in [-0.39, 0.29) is 23.8 Å². The quantitative estimate of drug-likeness (QED) is 0.834. The van der Waals surface area contributed by atoms with Crippen LogP contribution in [0.25, 0.3) is 0 Å². The van der Waals surface area contributed by atoms with E-state index in [1.807, 2.05) is 37.3 Å². The summed E-state index contributed by atoms with van der Waals surface area (Å²) in [6, 6.07) is 9.62. The molecule has 1 aliphatic heterocycles. The van der Waals surface area contributed by atoms with Crippen LogP contribution in [0.3, 0.4) is 0 Å². The van der Waals surface area contributed by atoms with E-state index in [1.54, 1.807) is 0 Å². The van der Waals surface area contributed by atoms with Crippen LogP contribution >= 0.6 is 0 Å². The molecule has 1 aromatic rings. The van der Waals surface area contributed by atoms with Gasteiger partial charge in [-0.1, -0.05) is 25.1 Å². The first-order chi connectivity index (χ1) is 10.1. The molecule has 0 spiro atoms.